The van der Waals surface area contributed by atoms with Gasteiger partial charge < -0.3 is 10.1 Å². The maximum atomic E-state index is 10.1. The van der Waals surface area contributed by atoms with E-state index in [4.69, 9.17) is 9.29 Å². The summed E-state index contributed by atoms with van der Waals surface area (Å²) in [5.41, 5.74) is 0.821. The molecule has 0 amide bonds. The van der Waals surface area contributed by atoms with Gasteiger partial charge in [-0.1, -0.05) is 4.33 Å². The first kappa shape index (κ1) is 13.7. The number of ether oxygens (including phenoxy) is 1. The fourth-order valence-electron chi connectivity index (χ4n) is 1.04. The number of hydrogen-bond donors (Lipinski definition) is 2. The van der Waals surface area contributed by atoms with E-state index < -0.39 is 10.4 Å². The van der Waals surface area contributed by atoms with Gasteiger partial charge in [-0.2, -0.15) is 8.42 Å². The monoisotopic (exact) mass is 263 g/mol. The van der Waals surface area contributed by atoms with Crippen molar-refractivity contribution in [1.82, 2.24) is 0 Å². The lowest BCUT2D eigenvalue weighted by molar-refractivity contribution is -0.204. The van der Waals surface area contributed by atoms with Crippen LogP contribution < -0.4 is 10.1 Å². The molecule has 0 aliphatic heterocycles. The summed E-state index contributed by atoms with van der Waals surface area (Å²) in [6, 6.07) is 7.14. The Labute approximate surface area is 99.2 Å². The first-order valence-electron chi connectivity index (χ1n) is 4.68. The number of benzene rings is 1. The average Bonchev–Trinajstić information content (AvgIpc) is 2.28. The van der Waals surface area contributed by atoms with Gasteiger partial charge >= 0.3 is 10.4 Å². The molecule has 1 rings (SSSR count). The molecule has 0 saturated carbocycles. The van der Waals surface area contributed by atoms with E-state index in [1.807, 2.05) is 0 Å². The average molecular weight is 263 g/mol. The van der Waals surface area contributed by atoms with Crippen LogP contribution in [0.5, 0.6) is 5.75 Å². The minimum atomic E-state index is -4.54. The van der Waals surface area contributed by atoms with Crippen molar-refractivity contribution < 1.29 is 26.9 Å². The van der Waals surface area contributed by atoms with Crippen LogP contribution in [0, 0.1) is 0 Å². The van der Waals surface area contributed by atoms with Crippen LogP contribution in [0.25, 0.3) is 0 Å². The summed E-state index contributed by atoms with van der Waals surface area (Å²) in [5, 5.41) is 2.95. The van der Waals surface area contributed by atoms with Gasteiger partial charge in [0.15, 0.2) is 0 Å². The highest BCUT2D eigenvalue weighted by atomic mass is 32.3. The third kappa shape index (κ3) is 6.07. The Morgan fingerprint density at radius 3 is 2.47 bits per heavy atom. The van der Waals surface area contributed by atoms with Crippen LogP contribution in [-0.4, -0.2) is 33.2 Å². The molecule has 0 bridgehead atoms. The molecular weight excluding hydrogens is 250 g/mol. The van der Waals surface area contributed by atoms with Crippen LogP contribution >= 0.6 is 0 Å². The highest BCUT2D eigenvalue weighted by molar-refractivity contribution is 7.80. The van der Waals surface area contributed by atoms with Crippen LogP contribution in [0.3, 0.4) is 0 Å². The second kappa shape index (κ2) is 6.40. The molecule has 0 aliphatic carbocycles. The molecule has 0 saturated heterocycles. The maximum absolute atomic E-state index is 10.1. The van der Waals surface area contributed by atoms with Crippen molar-refractivity contribution in [3.05, 3.63) is 24.3 Å². The summed E-state index contributed by atoms with van der Waals surface area (Å²) in [7, 11) is -2.97. The summed E-state index contributed by atoms with van der Waals surface area (Å²) in [4.78, 5) is 4.24. The van der Waals surface area contributed by atoms with Crippen molar-refractivity contribution in [2.24, 2.45) is 0 Å². The minimum absolute atomic E-state index is 0.0359. The fourth-order valence-corrected chi connectivity index (χ4v) is 1.23. The summed E-state index contributed by atoms with van der Waals surface area (Å²) in [6.45, 7) is 0.285. The summed E-state index contributed by atoms with van der Waals surface area (Å²) >= 11 is 0. The molecule has 0 unspecified atom stereocenters. The van der Waals surface area contributed by atoms with Crippen molar-refractivity contribution in [1.29, 1.82) is 0 Å². The maximum Gasteiger partial charge on any atom is 0.424 e. The predicted octanol–water partition coefficient (Wildman–Crippen LogP) is 0.858. The van der Waals surface area contributed by atoms with E-state index in [0.717, 1.165) is 11.4 Å². The van der Waals surface area contributed by atoms with E-state index in [0.29, 0.717) is 6.54 Å². The summed E-state index contributed by atoms with van der Waals surface area (Å²) in [6.07, 6.45) is 0. The van der Waals surface area contributed by atoms with E-state index in [9.17, 15) is 8.42 Å². The van der Waals surface area contributed by atoms with E-state index in [1.54, 1.807) is 31.4 Å². The standard InChI is InChI=1S/C9H13NO6S/c1-14-9-4-2-8(3-5-9)10-6-7-15-16-17(11,12)13/h2-5,10H,6-7H2,1H3,(H,11,12,13). The Morgan fingerprint density at radius 1 is 1.29 bits per heavy atom. The zero-order valence-electron chi connectivity index (χ0n) is 9.12. The van der Waals surface area contributed by atoms with E-state index in [2.05, 4.69) is 14.5 Å². The molecule has 0 aliphatic rings. The number of methoxy groups -OCH3 is 1. The van der Waals surface area contributed by atoms with Gasteiger partial charge in [0.05, 0.1) is 7.11 Å². The van der Waals surface area contributed by atoms with Crippen molar-refractivity contribution in [2.75, 3.05) is 25.6 Å². The molecule has 8 heteroatoms. The Hall–Kier alpha value is -1.35. The van der Waals surface area contributed by atoms with Crippen molar-refractivity contribution in [3.63, 3.8) is 0 Å². The highest BCUT2D eigenvalue weighted by Gasteiger charge is 2.04. The Morgan fingerprint density at radius 2 is 1.94 bits per heavy atom. The first-order chi connectivity index (χ1) is 8.01. The molecule has 1 aromatic rings. The second-order valence-electron chi connectivity index (χ2n) is 2.97. The van der Waals surface area contributed by atoms with Gasteiger partial charge in [0.25, 0.3) is 0 Å². The van der Waals surface area contributed by atoms with E-state index >= 15 is 0 Å². The van der Waals surface area contributed by atoms with Gasteiger partial charge in [0, 0.05) is 12.2 Å². The molecule has 7 nitrogen and oxygen atoms in total. The topological polar surface area (TPSA) is 94.1 Å². The van der Waals surface area contributed by atoms with Gasteiger partial charge in [0.2, 0.25) is 0 Å². The van der Waals surface area contributed by atoms with Gasteiger partial charge in [-0.3, -0.25) is 4.55 Å². The van der Waals surface area contributed by atoms with Gasteiger partial charge in [-0.05, 0) is 24.3 Å². The molecule has 0 aromatic heterocycles. The summed E-state index contributed by atoms with van der Waals surface area (Å²) in [5.74, 6) is 0.738. The van der Waals surface area contributed by atoms with Crippen molar-refractivity contribution in [3.8, 4) is 5.75 Å². The van der Waals surface area contributed by atoms with Crippen LogP contribution in [0.1, 0.15) is 0 Å². The van der Waals surface area contributed by atoms with E-state index in [-0.39, 0.29) is 6.61 Å². The highest BCUT2D eigenvalue weighted by Crippen LogP contribution is 2.14. The predicted molar refractivity (Wildman–Crippen MR) is 60.1 cm³/mol. The minimum Gasteiger partial charge on any atom is -0.497 e. The fraction of sp³-hybridized carbons (Fsp3) is 0.333. The molecule has 96 valence electrons. The molecule has 0 atom stereocenters. The normalized spacial score (nSPS) is 11.2. The molecule has 0 radical (unpaired) electrons. The number of rotatable bonds is 7. The molecule has 0 fully saturated rings. The molecule has 17 heavy (non-hydrogen) atoms. The first-order valence-corrected chi connectivity index (χ1v) is 6.04. The van der Waals surface area contributed by atoms with E-state index in [1.165, 1.54) is 0 Å². The summed E-state index contributed by atoms with van der Waals surface area (Å²) < 4.78 is 37.1. The lowest BCUT2D eigenvalue weighted by Crippen LogP contribution is -2.12. The molecule has 1 aromatic carbocycles. The third-order valence-corrected chi connectivity index (χ3v) is 2.01. The zero-order chi connectivity index (χ0) is 12.7. The van der Waals surface area contributed by atoms with Gasteiger partial charge in [0.1, 0.15) is 12.4 Å². The Kier molecular flexibility index (Phi) is 5.16. The quantitative estimate of drug-likeness (QED) is 0.326. The number of anilines is 1. The lowest BCUT2D eigenvalue weighted by atomic mass is 10.3. The van der Waals surface area contributed by atoms with Crippen LogP contribution in [0.15, 0.2) is 24.3 Å². The number of nitrogens with one attached hydrogen (secondary N) is 1. The van der Waals surface area contributed by atoms with Crippen LogP contribution in [0.2, 0.25) is 0 Å². The molecule has 2 N–H and O–H groups in total. The zero-order valence-corrected chi connectivity index (χ0v) is 9.94. The SMILES string of the molecule is COc1ccc(NCCOOS(=O)(=O)O)cc1. The number of hydrogen-bond acceptors (Lipinski definition) is 6. The molecular formula is C9H13NO6S. The Balaban J connectivity index is 2.22. The largest absolute Gasteiger partial charge is 0.497 e. The van der Waals surface area contributed by atoms with Gasteiger partial charge in [-0.15, -0.1) is 0 Å². The van der Waals surface area contributed by atoms with Crippen molar-refractivity contribution in [2.45, 2.75) is 0 Å². The molecule has 0 heterocycles. The smallest absolute Gasteiger partial charge is 0.424 e. The Bertz CT molecular complexity index is 429. The second-order valence-corrected chi connectivity index (χ2v) is 3.96. The third-order valence-electron chi connectivity index (χ3n) is 1.74. The molecule has 0 spiro atoms. The van der Waals surface area contributed by atoms with Crippen LogP contribution in [-0.2, 0) is 19.6 Å². The van der Waals surface area contributed by atoms with Crippen molar-refractivity contribution >= 4 is 16.1 Å². The van der Waals surface area contributed by atoms with Gasteiger partial charge in [-0.25, -0.2) is 4.89 Å². The lowest BCUT2D eigenvalue weighted by Gasteiger charge is -2.06. The van der Waals surface area contributed by atoms with Crippen LogP contribution in [0.4, 0.5) is 5.69 Å².